The number of hydrogen-bond acceptors (Lipinski definition) is 7. The van der Waals surface area contributed by atoms with Crippen molar-refractivity contribution in [2.24, 2.45) is 5.92 Å². The molecular weight excluding hydrogens is 334 g/mol. The third-order valence-electron chi connectivity index (χ3n) is 4.62. The van der Waals surface area contributed by atoms with E-state index in [4.69, 9.17) is 14.0 Å². The summed E-state index contributed by atoms with van der Waals surface area (Å²) in [4.78, 5) is 4.39. The van der Waals surface area contributed by atoms with Gasteiger partial charge in [0.25, 0.3) is 0 Å². The Bertz CT molecular complexity index is 627. The van der Waals surface area contributed by atoms with Crippen molar-refractivity contribution < 1.29 is 22.4 Å². The van der Waals surface area contributed by atoms with Gasteiger partial charge in [-0.05, 0) is 25.2 Å². The minimum Gasteiger partial charge on any atom is -0.381 e. The van der Waals surface area contributed by atoms with Crippen LogP contribution in [0.25, 0.3) is 0 Å². The number of aromatic nitrogens is 2. The van der Waals surface area contributed by atoms with Gasteiger partial charge in [0.2, 0.25) is 15.9 Å². The number of ether oxygens (including phenoxy) is 2. The van der Waals surface area contributed by atoms with Crippen LogP contribution < -0.4 is 0 Å². The van der Waals surface area contributed by atoms with E-state index in [1.54, 1.807) is 0 Å². The molecule has 136 valence electrons. The Morgan fingerprint density at radius 2 is 2.08 bits per heavy atom. The second-order valence-corrected chi connectivity index (χ2v) is 8.52. The van der Waals surface area contributed by atoms with E-state index in [9.17, 15) is 8.42 Å². The first-order valence-corrected chi connectivity index (χ1v) is 10.3. The Kier molecular flexibility index (Phi) is 5.85. The van der Waals surface area contributed by atoms with E-state index in [0.29, 0.717) is 43.8 Å². The number of rotatable bonds is 7. The molecule has 2 fully saturated rings. The Morgan fingerprint density at radius 3 is 2.79 bits per heavy atom. The van der Waals surface area contributed by atoms with Crippen LogP contribution in [0.5, 0.6) is 0 Å². The van der Waals surface area contributed by atoms with Crippen LogP contribution in [0.15, 0.2) is 4.52 Å². The van der Waals surface area contributed by atoms with Crippen LogP contribution in [0, 0.1) is 5.92 Å². The first-order chi connectivity index (χ1) is 11.5. The molecule has 0 radical (unpaired) electrons. The molecule has 8 nitrogen and oxygen atoms in total. The minimum atomic E-state index is -3.15. The van der Waals surface area contributed by atoms with Gasteiger partial charge in [0.05, 0.1) is 18.8 Å². The van der Waals surface area contributed by atoms with Crippen LogP contribution in [0.4, 0.5) is 0 Å². The second-order valence-electron chi connectivity index (χ2n) is 6.54. The molecule has 0 aliphatic carbocycles. The summed E-state index contributed by atoms with van der Waals surface area (Å²) in [6.07, 6.45) is 4.67. The molecule has 24 heavy (non-hydrogen) atoms. The molecule has 0 spiro atoms. The molecule has 1 unspecified atom stereocenters. The lowest BCUT2D eigenvalue weighted by Gasteiger charge is -2.21. The molecule has 3 heterocycles. The molecule has 1 aromatic heterocycles. The molecule has 0 bridgehead atoms. The summed E-state index contributed by atoms with van der Waals surface area (Å²) in [6, 6.07) is 0. The number of sulfonamides is 1. The highest BCUT2D eigenvalue weighted by molar-refractivity contribution is 7.88. The summed E-state index contributed by atoms with van der Waals surface area (Å²) in [5.74, 6) is 1.72. The van der Waals surface area contributed by atoms with Crippen molar-refractivity contribution in [1.82, 2.24) is 14.4 Å². The van der Waals surface area contributed by atoms with Gasteiger partial charge in [-0.25, -0.2) is 12.7 Å². The monoisotopic (exact) mass is 359 g/mol. The van der Waals surface area contributed by atoms with Crippen molar-refractivity contribution >= 4 is 10.0 Å². The lowest BCUT2D eigenvalue weighted by molar-refractivity contribution is 0.0211. The van der Waals surface area contributed by atoms with Gasteiger partial charge < -0.3 is 14.0 Å². The van der Waals surface area contributed by atoms with Crippen molar-refractivity contribution in [3.05, 3.63) is 11.7 Å². The Labute approximate surface area is 142 Å². The van der Waals surface area contributed by atoms with Crippen LogP contribution in [-0.4, -0.2) is 68.6 Å². The first-order valence-electron chi connectivity index (χ1n) is 8.45. The Balaban J connectivity index is 1.41. The molecule has 0 N–H and O–H groups in total. The summed E-state index contributed by atoms with van der Waals surface area (Å²) in [5, 5.41) is 3.98. The fraction of sp³-hybridized carbons (Fsp3) is 0.867. The molecule has 1 atom stereocenters. The second kappa shape index (κ2) is 7.90. The van der Waals surface area contributed by atoms with Crippen LogP contribution in [0.2, 0.25) is 0 Å². The molecule has 2 saturated heterocycles. The lowest BCUT2D eigenvalue weighted by Crippen LogP contribution is -2.27. The smallest absolute Gasteiger partial charge is 0.231 e. The minimum absolute atomic E-state index is 0.0101. The maximum atomic E-state index is 11.6. The largest absolute Gasteiger partial charge is 0.381 e. The third kappa shape index (κ3) is 4.75. The van der Waals surface area contributed by atoms with Gasteiger partial charge in [-0.3, -0.25) is 0 Å². The molecule has 0 saturated carbocycles. The average Bonchev–Trinajstić information content (AvgIpc) is 3.21. The lowest BCUT2D eigenvalue weighted by atomic mass is 10.0. The van der Waals surface area contributed by atoms with E-state index in [-0.39, 0.29) is 5.92 Å². The zero-order valence-corrected chi connectivity index (χ0v) is 14.8. The van der Waals surface area contributed by atoms with Gasteiger partial charge in [0.1, 0.15) is 0 Å². The molecular formula is C15H25N3O5S. The average molecular weight is 359 g/mol. The summed E-state index contributed by atoms with van der Waals surface area (Å²) >= 11 is 0. The Hall–Kier alpha value is -1.03. The molecule has 0 aromatic carbocycles. The van der Waals surface area contributed by atoms with Crippen molar-refractivity contribution in [1.29, 1.82) is 0 Å². The van der Waals surface area contributed by atoms with Crippen molar-refractivity contribution in [2.75, 3.05) is 45.8 Å². The quantitative estimate of drug-likeness (QED) is 0.665. The van der Waals surface area contributed by atoms with Gasteiger partial charge in [0, 0.05) is 39.3 Å². The summed E-state index contributed by atoms with van der Waals surface area (Å²) < 4.78 is 40.9. The zero-order chi connectivity index (χ0) is 17.0. The summed E-state index contributed by atoms with van der Waals surface area (Å²) in [6.45, 7) is 3.90. The third-order valence-corrected chi connectivity index (χ3v) is 5.89. The standard InChI is InChI=1S/C15H25N3O5S/c1-24(19,20)18-6-2-13(10-18)15-16-14(17-23-15)5-9-22-11-12-3-7-21-8-4-12/h12-13H,2-11H2,1H3. The van der Waals surface area contributed by atoms with Gasteiger partial charge in [0.15, 0.2) is 5.82 Å². The molecule has 9 heteroatoms. The summed E-state index contributed by atoms with van der Waals surface area (Å²) in [5.41, 5.74) is 0. The van der Waals surface area contributed by atoms with Gasteiger partial charge in [-0.15, -0.1) is 0 Å². The molecule has 0 amide bonds. The highest BCUT2D eigenvalue weighted by atomic mass is 32.2. The van der Waals surface area contributed by atoms with E-state index < -0.39 is 10.0 Å². The summed E-state index contributed by atoms with van der Waals surface area (Å²) in [7, 11) is -3.15. The van der Waals surface area contributed by atoms with Crippen LogP contribution in [0.1, 0.15) is 36.9 Å². The predicted octanol–water partition coefficient (Wildman–Crippen LogP) is 0.804. The maximum Gasteiger partial charge on any atom is 0.231 e. The highest BCUT2D eigenvalue weighted by Gasteiger charge is 2.32. The molecule has 2 aliphatic rings. The predicted molar refractivity (Wildman–Crippen MR) is 86.1 cm³/mol. The fourth-order valence-corrected chi connectivity index (χ4v) is 3.98. The van der Waals surface area contributed by atoms with Crippen LogP contribution in [0.3, 0.4) is 0 Å². The number of hydrogen-bond donors (Lipinski definition) is 0. The van der Waals surface area contributed by atoms with E-state index in [1.807, 2.05) is 0 Å². The highest BCUT2D eigenvalue weighted by Crippen LogP contribution is 2.27. The van der Waals surface area contributed by atoms with E-state index in [2.05, 4.69) is 10.1 Å². The van der Waals surface area contributed by atoms with Gasteiger partial charge in [-0.1, -0.05) is 5.16 Å². The van der Waals surface area contributed by atoms with Crippen LogP contribution >= 0.6 is 0 Å². The van der Waals surface area contributed by atoms with Crippen molar-refractivity contribution in [3.63, 3.8) is 0 Å². The fourth-order valence-electron chi connectivity index (χ4n) is 3.09. The first kappa shape index (κ1) is 17.8. The van der Waals surface area contributed by atoms with E-state index in [0.717, 1.165) is 39.1 Å². The molecule has 1 aromatic rings. The maximum absolute atomic E-state index is 11.6. The molecule has 2 aliphatic heterocycles. The van der Waals surface area contributed by atoms with E-state index >= 15 is 0 Å². The Morgan fingerprint density at radius 1 is 1.29 bits per heavy atom. The van der Waals surface area contributed by atoms with Gasteiger partial charge >= 0.3 is 0 Å². The van der Waals surface area contributed by atoms with Gasteiger partial charge in [-0.2, -0.15) is 4.98 Å². The number of nitrogens with zero attached hydrogens (tertiary/aromatic N) is 3. The van der Waals surface area contributed by atoms with Crippen molar-refractivity contribution in [3.8, 4) is 0 Å². The SMILES string of the molecule is CS(=O)(=O)N1CCC(c2nc(CCOCC3CCOCC3)no2)C1. The molecule has 3 rings (SSSR count). The van der Waals surface area contributed by atoms with Crippen LogP contribution in [-0.2, 0) is 25.9 Å². The zero-order valence-electron chi connectivity index (χ0n) is 14.0. The normalized spacial score (nSPS) is 23.8. The van der Waals surface area contributed by atoms with Crippen molar-refractivity contribution in [2.45, 2.75) is 31.6 Å². The topological polar surface area (TPSA) is 94.8 Å². The van der Waals surface area contributed by atoms with E-state index in [1.165, 1.54) is 10.6 Å².